The van der Waals surface area contributed by atoms with E-state index in [-0.39, 0.29) is 4.90 Å². The van der Waals surface area contributed by atoms with Crippen LogP contribution >= 0.6 is 11.6 Å². The first kappa shape index (κ1) is 20.5. The summed E-state index contributed by atoms with van der Waals surface area (Å²) < 4.78 is 39.3. The second kappa shape index (κ2) is 8.92. The van der Waals surface area contributed by atoms with E-state index in [4.69, 9.17) is 21.1 Å². The molecular formula is C21H25ClN2O4S. The van der Waals surface area contributed by atoms with Crippen LogP contribution < -0.4 is 9.47 Å². The molecule has 0 radical (unpaired) electrons. The Balaban J connectivity index is 1.45. The van der Waals surface area contributed by atoms with Crippen LogP contribution in [0.1, 0.15) is 18.4 Å². The first-order valence-corrected chi connectivity index (χ1v) is 11.7. The van der Waals surface area contributed by atoms with Gasteiger partial charge in [0.15, 0.2) is 11.5 Å². The molecule has 1 fully saturated rings. The third kappa shape index (κ3) is 4.86. The molecule has 0 atom stereocenters. The van der Waals surface area contributed by atoms with E-state index in [1.165, 1.54) is 5.56 Å². The van der Waals surface area contributed by atoms with Gasteiger partial charge in [-0.2, -0.15) is 4.31 Å². The molecule has 0 amide bonds. The molecule has 2 aromatic carbocycles. The van der Waals surface area contributed by atoms with Crippen molar-refractivity contribution in [3.05, 3.63) is 53.1 Å². The highest BCUT2D eigenvalue weighted by molar-refractivity contribution is 7.89. The first-order valence-electron chi connectivity index (χ1n) is 9.89. The van der Waals surface area contributed by atoms with Crippen LogP contribution in [0.4, 0.5) is 0 Å². The summed E-state index contributed by atoms with van der Waals surface area (Å²) in [7, 11) is -3.58. The van der Waals surface area contributed by atoms with Crippen molar-refractivity contribution < 1.29 is 17.9 Å². The predicted octanol–water partition coefficient (Wildman–Crippen LogP) is 3.40. The number of halogens is 1. The van der Waals surface area contributed by atoms with Crippen molar-refractivity contribution in [2.75, 3.05) is 39.4 Å². The summed E-state index contributed by atoms with van der Waals surface area (Å²) in [6, 6.07) is 12.7. The second-order valence-corrected chi connectivity index (χ2v) is 9.69. The van der Waals surface area contributed by atoms with E-state index in [1.54, 1.807) is 22.5 Å². The van der Waals surface area contributed by atoms with Gasteiger partial charge in [0.25, 0.3) is 0 Å². The third-order valence-electron chi connectivity index (χ3n) is 5.22. The lowest BCUT2D eigenvalue weighted by atomic mass is 10.2. The SMILES string of the molecule is O=S(=O)(c1ccc2c(c1)OCCCO2)N1CCCN(Cc2ccc(Cl)cc2)CC1. The third-order valence-corrected chi connectivity index (χ3v) is 7.37. The van der Waals surface area contributed by atoms with Gasteiger partial charge >= 0.3 is 0 Å². The molecule has 2 heterocycles. The van der Waals surface area contributed by atoms with Gasteiger partial charge in [0.2, 0.25) is 10.0 Å². The van der Waals surface area contributed by atoms with Crippen LogP contribution in [0.5, 0.6) is 11.5 Å². The van der Waals surface area contributed by atoms with E-state index in [2.05, 4.69) is 4.90 Å². The molecule has 0 aromatic heterocycles. The summed E-state index contributed by atoms with van der Waals surface area (Å²) >= 11 is 5.96. The van der Waals surface area contributed by atoms with Crippen molar-refractivity contribution in [3.63, 3.8) is 0 Å². The van der Waals surface area contributed by atoms with E-state index in [0.29, 0.717) is 44.3 Å². The maximum absolute atomic E-state index is 13.2. The van der Waals surface area contributed by atoms with Crippen molar-refractivity contribution in [1.82, 2.24) is 9.21 Å². The molecule has 0 spiro atoms. The Morgan fingerprint density at radius 1 is 0.862 bits per heavy atom. The molecule has 29 heavy (non-hydrogen) atoms. The van der Waals surface area contributed by atoms with Gasteiger partial charge in [0, 0.05) is 43.7 Å². The summed E-state index contributed by atoms with van der Waals surface area (Å²) in [6.07, 6.45) is 1.57. The molecule has 0 N–H and O–H groups in total. The Kier molecular flexibility index (Phi) is 6.29. The molecule has 0 aliphatic carbocycles. The smallest absolute Gasteiger partial charge is 0.243 e. The Morgan fingerprint density at radius 2 is 1.62 bits per heavy atom. The normalized spacial score (nSPS) is 18.8. The lowest BCUT2D eigenvalue weighted by Gasteiger charge is -2.22. The Bertz CT molecular complexity index is 950. The number of ether oxygens (including phenoxy) is 2. The zero-order chi connectivity index (χ0) is 20.3. The van der Waals surface area contributed by atoms with Gasteiger partial charge in [0.1, 0.15) is 0 Å². The van der Waals surface area contributed by atoms with Gasteiger partial charge in [-0.25, -0.2) is 8.42 Å². The van der Waals surface area contributed by atoms with Crippen LogP contribution in [-0.2, 0) is 16.6 Å². The molecule has 8 heteroatoms. The van der Waals surface area contributed by atoms with Gasteiger partial charge in [-0.05, 0) is 42.8 Å². The van der Waals surface area contributed by atoms with Crippen molar-refractivity contribution >= 4 is 21.6 Å². The lowest BCUT2D eigenvalue weighted by molar-refractivity contribution is 0.278. The highest BCUT2D eigenvalue weighted by Gasteiger charge is 2.28. The number of hydrogen-bond acceptors (Lipinski definition) is 5. The molecule has 2 aromatic rings. The Hall–Kier alpha value is -1.80. The molecular weight excluding hydrogens is 412 g/mol. The summed E-state index contributed by atoms with van der Waals surface area (Å²) in [5.74, 6) is 1.11. The number of benzene rings is 2. The number of sulfonamides is 1. The highest BCUT2D eigenvalue weighted by atomic mass is 35.5. The minimum Gasteiger partial charge on any atom is -0.490 e. The minimum absolute atomic E-state index is 0.257. The Morgan fingerprint density at radius 3 is 2.41 bits per heavy atom. The number of nitrogens with zero attached hydrogens (tertiary/aromatic N) is 2. The van der Waals surface area contributed by atoms with Crippen LogP contribution in [0.3, 0.4) is 0 Å². The van der Waals surface area contributed by atoms with Crippen LogP contribution in [-0.4, -0.2) is 57.0 Å². The van der Waals surface area contributed by atoms with Crippen molar-refractivity contribution in [3.8, 4) is 11.5 Å². The van der Waals surface area contributed by atoms with Gasteiger partial charge in [-0.15, -0.1) is 0 Å². The van der Waals surface area contributed by atoms with Gasteiger partial charge in [0.05, 0.1) is 18.1 Å². The topological polar surface area (TPSA) is 59.1 Å². The summed E-state index contributed by atoms with van der Waals surface area (Å²) in [4.78, 5) is 2.54. The first-order chi connectivity index (χ1) is 14.0. The molecule has 156 valence electrons. The molecule has 0 saturated carbocycles. The maximum atomic E-state index is 13.2. The van der Waals surface area contributed by atoms with Crippen molar-refractivity contribution in [2.24, 2.45) is 0 Å². The molecule has 4 rings (SSSR count). The summed E-state index contributed by atoms with van der Waals surface area (Å²) in [5.41, 5.74) is 1.17. The highest BCUT2D eigenvalue weighted by Crippen LogP contribution is 2.33. The molecule has 0 bridgehead atoms. The minimum atomic E-state index is -3.58. The van der Waals surface area contributed by atoms with Crippen LogP contribution in [0.2, 0.25) is 5.02 Å². The molecule has 2 aliphatic rings. The van der Waals surface area contributed by atoms with E-state index in [9.17, 15) is 8.42 Å². The quantitative estimate of drug-likeness (QED) is 0.735. The molecule has 1 saturated heterocycles. The summed E-state index contributed by atoms with van der Waals surface area (Å²) in [6.45, 7) is 4.41. The maximum Gasteiger partial charge on any atom is 0.243 e. The molecule has 0 unspecified atom stereocenters. The Labute approximate surface area is 177 Å². The van der Waals surface area contributed by atoms with E-state index in [1.807, 2.05) is 24.3 Å². The summed E-state index contributed by atoms with van der Waals surface area (Å²) in [5, 5.41) is 0.719. The van der Waals surface area contributed by atoms with E-state index in [0.717, 1.165) is 31.0 Å². The van der Waals surface area contributed by atoms with Crippen molar-refractivity contribution in [1.29, 1.82) is 0 Å². The number of hydrogen-bond donors (Lipinski definition) is 0. The number of rotatable bonds is 4. The zero-order valence-electron chi connectivity index (χ0n) is 16.2. The fourth-order valence-corrected chi connectivity index (χ4v) is 5.26. The van der Waals surface area contributed by atoms with Crippen LogP contribution in [0.25, 0.3) is 0 Å². The number of fused-ring (bicyclic) bond motifs is 1. The monoisotopic (exact) mass is 436 g/mol. The van der Waals surface area contributed by atoms with Gasteiger partial charge in [-0.3, -0.25) is 4.90 Å². The second-order valence-electron chi connectivity index (χ2n) is 7.32. The standard InChI is InChI=1S/C21H25ClN2O4S/c22-18-5-3-17(4-6-18)16-23-9-1-10-24(12-11-23)29(25,26)19-7-8-20-21(15-19)28-14-2-13-27-20/h3-8,15H,1-2,9-14,16H2. The van der Waals surface area contributed by atoms with Gasteiger partial charge < -0.3 is 9.47 Å². The fraction of sp³-hybridized carbons (Fsp3) is 0.429. The zero-order valence-corrected chi connectivity index (χ0v) is 17.8. The van der Waals surface area contributed by atoms with Gasteiger partial charge in [-0.1, -0.05) is 23.7 Å². The largest absolute Gasteiger partial charge is 0.490 e. The molecule has 6 nitrogen and oxygen atoms in total. The molecule has 2 aliphatic heterocycles. The average molecular weight is 437 g/mol. The van der Waals surface area contributed by atoms with Crippen molar-refractivity contribution in [2.45, 2.75) is 24.3 Å². The predicted molar refractivity (Wildman–Crippen MR) is 112 cm³/mol. The van der Waals surface area contributed by atoms with Crippen LogP contribution in [0, 0.1) is 0 Å². The van der Waals surface area contributed by atoms with E-state index < -0.39 is 10.0 Å². The van der Waals surface area contributed by atoms with E-state index >= 15 is 0 Å². The fourth-order valence-electron chi connectivity index (χ4n) is 3.65. The lowest BCUT2D eigenvalue weighted by Crippen LogP contribution is -2.35. The average Bonchev–Trinajstić information content (AvgIpc) is 3.10. The van der Waals surface area contributed by atoms with Crippen LogP contribution in [0.15, 0.2) is 47.4 Å².